The van der Waals surface area contributed by atoms with Crippen LogP contribution in [-0.2, 0) is 23.8 Å². The largest absolute Gasteiger partial charge is 0.463 e. The van der Waals surface area contributed by atoms with Gasteiger partial charge in [-0.05, 0) is 59.0 Å². The van der Waals surface area contributed by atoms with E-state index in [-0.39, 0.29) is 24.6 Å². The van der Waals surface area contributed by atoms with Gasteiger partial charge in [0, 0.05) is 19.4 Å². The molecule has 1 heterocycles. The summed E-state index contributed by atoms with van der Waals surface area (Å²) in [6, 6.07) is 0. The first-order chi connectivity index (χ1) is 16.5. The van der Waals surface area contributed by atoms with Crippen molar-refractivity contribution < 1.29 is 23.8 Å². The van der Waals surface area contributed by atoms with E-state index in [4.69, 9.17) is 14.2 Å². The minimum Gasteiger partial charge on any atom is -0.463 e. The van der Waals surface area contributed by atoms with Gasteiger partial charge in [0.15, 0.2) is 0 Å². The fourth-order valence-electron chi connectivity index (χ4n) is 3.74. The minimum absolute atomic E-state index is 0.183. The van der Waals surface area contributed by atoms with Gasteiger partial charge in [0.25, 0.3) is 0 Å². The number of nitrogens with zero attached hydrogens (tertiary/aromatic N) is 1. The first-order valence-electron chi connectivity index (χ1n) is 13.5. The Hall–Kier alpha value is -1.66. The lowest BCUT2D eigenvalue weighted by atomic mass is 10.1. The summed E-state index contributed by atoms with van der Waals surface area (Å²) < 4.78 is 16.4. The van der Waals surface area contributed by atoms with Crippen LogP contribution in [0.2, 0.25) is 0 Å². The van der Waals surface area contributed by atoms with Crippen LogP contribution in [0.4, 0.5) is 0 Å². The molecule has 1 rings (SSSR count). The first kappa shape index (κ1) is 30.4. The fraction of sp³-hybridized carbons (Fsp3) is 0.786. The zero-order valence-corrected chi connectivity index (χ0v) is 22.0. The minimum atomic E-state index is -0.504. The van der Waals surface area contributed by atoms with Crippen LogP contribution in [0.1, 0.15) is 103 Å². The predicted molar refractivity (Wildman–Crippen MR) is 137 cm³/mol. The van der Waals surface area contributed by atoms with Crippen LogP contribution in [0.25, 0.3) is 0 Å². The number of hydrogen-bond acceptors (Lipinski definition) is 6. The van der Waals surface area contributed by atoms with Gasteiger partial charge in [0.2, 0.25) is 6.29 Å². The smallest absolute Gasteiger partial charge is 0.308 e. The molecule has 0 N–H and O–H groups in total. The van der Waals surface area contributed by atoms with Crippen LogP contribution in [-0.4, -0.2) is 56.5 Å². The Kier molecular flexibility index (Phi) is 18.5. The molecule has 0 bridgehead atoms. The zero-order valence-electron chi connectivity index (χ0n) is 22.0. The van der Waals surface area contributed by atoms with Gasteiger partial charge in [-0.25, -0.2) is 0 Å². The molecule has 6 heteroatoms. The van der Waals surface area contributed by atoms with E-state index in [1.807, 2.05) is 19.0 Å². The lowest BCUT2D eigenvalue weighted by molar-refractivity contribution is -0.180. The van der Waals surface area contributed by atoms with Crippen molar-refractivity contribution >= 4 is 11.9 Å². The second-order valence-corrected chi connectivity index (χ2v) is 9.47. The maximum absolute atomic E-state index is 12.0. The van der Waals surface area contributed by atoms with Crippen molar-refractivity contribution in [2.45, 2.75) is 116 Å². The van der Waals surface area contributed by atoms with E-state index >= 15 is 0 Å². The van der Waals surface area contributed by atoms with E-state index in [0.29, 0.717) is 25.8 Å². The van der Waals surface area contributed by atoms with Crippen molar-refractivity contribution in [2.75, 3.05) is 27.2 Å². The lowest BCUT2D eigenvalue weighted by Crippen LogP contribution is -2.24. The quantitative estimate of drug-likeness (QED) is 0.115. The van der Waals surface area contributed by atoms with E-state index < -0.39 is 6.29 Å². The molecular weight excluding hydrogens is 430 g/mol. The van der Waals surface area contributed by atoms with Crippen molar-refractivity contribution in [3.05, 3.63) is 24.3 Å². The van der Waals surface area contributed by atoms with Crippen molar-refractivity contribution in [3.8, 4) is 0 Å². The van der Waals surface area contributed by atoms with Crippen molar-refractivity contribution in [3.63, 3.8) is 0 Å². The second-order valence-electron chi connectivity index (χ2n) is 9.47. The molecule has 6 nitrogen and oxygen atoms in total. The lowest BCUT2D eigenvalue weighted by Gasteiger charge is -2.15. The van der Waals surface area contributed by atoms with Crippen LogP contribution >= 0.6 is 0 Å². The SMILES string of the molecule is CCCCC/C=C\C/C=C\CCCCCCCC(=O)O[C@H]1CC[C@@H](COC(=O)CCN(C)C)O1. The third kappa shape index (κ3) is 17.8. The molecular formula is C28H49NO5. The van der Waals surface area contributed by atoms with E-state index in [9.17, 15) is 9.59 Å². The molecule has 2 atom stereocenters. The Morgan fingerprint density at radius 3 is 2.24 bits per heavy atom. The maximum atomic E-state index is 12.0. The second kappa shape index (κ2) is 20.7. The highest BCUT2D eigenvalue weighted by molar-refractivity contribution is 5.69. The molecule has 0 radical (unpaired) electrons. The van der Waals surface area contributed by atoms with Gasteiger partial charge in [-0.3, -0.25) is 9.59 Å². The molecule has 196 valence electrons. The Labute approximate surface area is 208 Å². The van der Waals surface area contributed by atoms with Crippen LogP contribution in [0.15, 0.2) is 24.3 Å². The molecule has 0 aromatic rings. The Morgan fingerprint density at radius 1 is 0.853 bits per heavy atom. The number of rotatable bonds is 20. The molecule has 1 aliphatic heterocycles. The van der Waals surface area contributed by atoms with Crippen molar-refractivity contribution in [1.82, 2.24) is 4.90 Å². The summed E-state index contributed by atoms with van der Waals surface area (Å²) in [4.78, 5) is 25.7. The number of unbranched alkanes of at least 4 members (excludes halogenated alkanes) is 8. The molecule has 0 aliphatic carbocycles. The van der Waals surface area contributed by atoms with Crippen LogP contribution in [0.3, 0.4) is 0 Å². The van der Waals surface area contributed by atoms with Gasteiger partial charge >= 0.3 is 11.9 Å². The Balaban J connectivity index is 1.93. The third-order valence-corrected chi connectivity index (χ3v) is 5.86. The molecule has 0 unspecified atom stereocenters. The number of allylic oxidation sites excluding steroid dienone is 4. The summed E-state index contributed by atoms with van der Waals surface area (Å²) in [5.74, 6) is -0.418. The summed E-state index contributed by atoms with van der Waals surface area (Å²) >= 11 is 0. The first-order valence-corrected chi connectivity index (χ1v) is 13.5. The topological polar surface area (TPSA) is 65.1 Å². The molecule has 0 saturated carbocycles. The zero-order chi connectivity index (χ0) is 24.9. The molecule has 0 spiro atoms. The standard InChI is InChI=1S/C28H49NO5/c1-4-5-6-7-8-9-10-11-12-13-14-15-16-17-18-19-27(31)34-28-21-20-25(33-28)24-32-26(30)22-23-29(2)3/h8-9,11-12,25,28H,4-7,10,13-24H2,1-3H3/b9-8-,12-11-/t25-,28-/m0/s1. The summed E-state index contributed by atoms with van der Waals surface area (Å²) in [7, 11) is 3.84. The van der Waals surface area contributed by atoms with Gasteiger partial charge in [0.05, 0.1) is 12.5 Å². The van der Waals surface area contributed by atoms with Gasteiger partial charge < -0.3 is 19.1 Å². The van der Waals surface area contributed by atoms with Gasteiger partial charge in [0.1, 0.15) is 6.61 Å². The summed E-state index contributed by atoms with van der Waals surface area (Å²) in [5, 5.41) is 0. The van der Waals surface area contributed by atoms with Gasteiger partial charge in [-0.15, -0.1) is 0 Å². The summed E-state index contributed by atoms with van der Waals surface area (Å²) in [6.07, 6.45) is 23.4. The summed E-state index contributed by atoms with van der Waals surface area (Å²) in [5.41, 5.74) is 0. The monoisotopic (exact) mass is 479 g/mol. The van der Waals surface area contributed by atoms with Crippen LogP contribution in [0, 0.1) is 0 Å². The number of carbonyl (C=O) groups excluding carboxylic acids is 2. The normalized spacial score (nSPS) is 18.4. The average Bonchev–Trinajstić information content (AvgIpc) is 3.26. The molecule has 1 saturated heterocycles. The number of hydrogen-bond donors (Lipinski definition) is 0. The number of ether oxygens (including phenoxy) is 3. The average molecular weight is 480 g/mol. The van der Waals surface area contributed by atoms with E-state index in [1.54, 1.807) is 0 Å². The number of esters is 2. The number of carbonyl (C=O) groups is 2. The van der Waals surface area contributed by atoms with Gasteiger partial charge in [-0.1, -0.05) is 63.3 Å². The molecule has 1 fully saturated rings. The molecule has 0 aromatic carbocycles. The third-order valence-electron chi connectivity index (χ3n) is 5.86. The highest BCUT2D eigenvalue weighted by atomic mass is 16.7. The Bertz CT molecular complexity index is 587. The van der Waals surface area contributed by atoms with Crippen LogP contribution < -0.4 is 0 Å². The van der Waals surface area contributed by atoms with E-state index in [0.717, 1.165) is 38.5 Å². The predicted octanol–water partition coefficient (Wildman–Crippen LogP) is 6.34. The maximum Gasteiger partial charge on any atom is 0.308 e. The highest BCUT2D eigenvalue weighted by Crippen LogP contribution is 2.22. The Morgan fingerprint density at radius 2 is 1.53 bits per heavy atom. The molecule has 0 aromatic heterocycles. The summed E-state index contributed by atoms with van der Waals surface area (Å²) in [6.45, 7) is 3.13. The van der Waals surface area contributed by atoms with E-state index in [2.05, 4.69) is 31.2 Å². The van der Waals surface area contributed by atoms with Crippen LogP contribution in [0.5, 0.6) is 0 Å². The molecule has 34 heavy (non-hydrogen) atoms. The molecule has 0 amide bonds. The fourth-order valence-corrected chi connectivity index (χ4v) is 3.74. The van der Waals surface area contributed by atoms with Gasteiger partial charge in [-0.2, -0.15) is 0 Å². The van der Waals surface area contributed by atoms with Crippen molar-refractivity contribution in [2.24, 2.45) is 0 Å². The molecule has 1 aliphatic rings. The van der Waals surface area contributed by atoms with E-state index in [1.165, 1.54) is 38.5 Å². The highest BCUT2D eigenvalue weighted by Gasteiger charge is 2.29. The van der Waals surface area contributed by atoms with Crippen molar-refractivity contribution in [1.29, 1.82) is 0 Å².